The number of esters is 1. The van der Waals surface area contributed by atoms with Crippen molar-refractivity contribution in [3.63, 3.8) is 0 Å². The number of unbranched alkanes of at least 4 members (excludes halogenated alkanes) is 2. The molecule has 128 valence electrons. The molecule has 0 saturated carbocycles. The normalized spacial score (nSPS) is 10.4. The van der Waals surface area contributed by atoms with Gasteiger partial charge in [-0.3, -0.25) is 9.78 Å². The first kappa shape index (κ1) is 17.8. The molecule has 0 aliphatic heterocycles. The first-order valence-corrected chi connectivity index (χ1v) is 8.09. The summed E-state index contributed by atoms with van der Waals surface area (Å²) in [7, 11) is 1.57. The van der Waals surface area contributed by atoms with Gasteiger partial charge in [-0.2, -0.15) is 0 Å². The lowest BCUT2D eigenvalue weighted by atomic mass is 10.1. The Balaban J connectivity index is 1.58. The molecule has 0 aliphatic carbocycles. The fourth-order valence-corrected chi connectivity index (χ4v) is 2.33. The van der Waals surface area contributed by atoms with Crippen molar-refractivity contribution in [3.8, 4) is 11.5 Å². The zero-order valence-electron chi connectivity index (χ0n) is 13.9. The second-order valence-electron chi connectivity index (χ2n) is 5.62. The Morgan fingerprint density at radius 2 is 1.88 bits per heavy atom. The molecule has 0 spiro atoms. The molecule has 0 aliphatic rings. The van der Waals surface area contributed by atoms with E-state index >= 15 is 0 Å². The van der Waals surface area contributed by atoms with Gasteiger partial charge in [0, 0.05) is 18.2 Å². The zero-order chi connectivity index (χ0) is 17.2. The third kappa shape index (κ3) is 6.28. The number of aryl methyl sites for hydroxylation is 1. The number of carbonyl (C=O) groups excluding carboxylic acids is 1. The van der Waals surface area contributed by atoms with Crippen LogP contribution in [0.1, 0.15) is 36.8 Å². The maximum absolute atomic E-state index is 11.7. The maximum Gasteiger partial charge on any atom is 0.306 e. The van der Waals surface area contributed by atoms with Crippen LogP contribution in [0.15, 0.2) is 42.7 Å². The van der Waals surface area contributed by atoms with Crippen LogP contribution in [-0.2, 0) is 22.6 Å². The number of hydrogen-bond donors (Lipinski definition) is 1. The summed E-state index contributed by atoms with van der Waals surface area (Å²) in [5.74, 6) is 0.743. The quantitative estimate of drug-likeness (QED) is 0.562. The van der Waals surface area contributed by atoms with Crippen LogP contribution < -0.4 is 4.74 Å². The second kappa shape index (κ2) is 9.55. The lowest BCUT2D eigenvalue weighted by Gasteiger charge is -2.06. The van der Waals surface area contributed by atoms with Crippen molar-refractivity contribution in [2.75, 3.05) is 7.11 Å². The van der Waals surface area contributed by atoms with Gasteiger partial charge in [-0.1, -0.05) is 18.6 Å². The summed E-state index contributed by atoms with van der Waals surface area (Å²) in [6.45, 7) is 0.219. The van der Waals surface area contributed by atoms with Gasteiger partial charge in [0.1, 0.15) is 18.1 Å². The Morgan fingerprint density at radius 3 is 2.62 bits per heavy atom. The van der Waals surface area contributed by atoms with Gasteiger partial charge in [-0.15, -0.1) is 0 Å². The summed E-state index contributed by atoms with van der Waals surface area (Å²) in [4.78, 5) is 15.8. The van der Waals surface area contributed by atoms with E-state index in [-0.39, 0.29) is 18.3 Å². The lowest BCUT2D eigenvalue weighted by molar-refractivity contribution is -0.145. The van der Waals surface area contributed by atoms with E-state index in [4.69, 9.17) is 9.47 Å². The summed E-state index contributed by atoms with van der Waals surface area (Å²) >= 11 is 0. The number of ether oxygens (including phenoxy) is 2. The third-order valence-corrected chi connectivity index (χ3v) is 3.69. The van der Waals surface area contributed by atoms with Crippen LogP contribution in [0, 0.1) is 0 Å². The molecule has 24 heavy (non-hydrogen) atoms. The average molecular weight is 329 g/mol. The Hall–Kier alpha value is -2.56. The molecular formula is C19H23NO4. The fraction of sp³-hybridized carbons (Fsp3) is 0.368. The Labute approximate surface area is 142 Å². The standard InChI is InChI=1S/C19H23NO4/c1-23-18-11-16(12-20-13-18)14-24-19(22)6-4-2-3-5-15-7-9-17(21)10-8-15/h7-13,21H,2-6,14H2,1H3. The summed E-state index contributed by atoms with van der Waals surface area (Å²) in [6.07, 6.45) is 7.44. The minimum Gasteiger partial charge on any atom is -0.508 e. The summed E-state index contributed by atoms with van der Waals surface area (Å²) < 4.78 is 10.3. The van der Waals surface area contributed by atoms with Crippen LogP contribution in [0.5, 0.6) is 11.5 Å². The molecule has 5 nitrogen and oxygen atoms in total. The first-order valence-electron chi connectivity index (χ1n) is 8.09. The van der Waals surface area contributed by atoms with E-state index in [9.17, 15) is 9.90 Å². The molecule has 1 heterocycles. The molecule has 2 rings (SSSR count). The maximum atomic E-state index is 11.7. The number of methoxy groups -OCH3 is 1. The zero-order valence-corrected chi connectivity index (χ0v) is 13.9. The van der Waals surface area contributed by atoms with E-state index in [1.165, 1.54) is 5.56 Å². The van der Waals surface area contributed by atoms with E-state index in [1.807, 2.05) is 12.1 Å². The molecule has 0 saturated heterocycles. The van der Waals surface area contributed by atoms with Crippen molar-refractivity contribution in [3.05, 3.63) is 53.9 Å². The highest BCUT2D eigenvalue weighted by molar-refractivity contribution is 5.69. The second-order valence-corrected chi connectivity index (χ2v) is 5.62. The largest absolute Gasteiger partial charge is 0.508 e. The lowest BCUT2D eigenvalue weighted by Crippen LogP contribution is -2.04. The highest BCUT2D eigenvalue weighted by atomic mass is 16.5. The number of phenolic OH excluding ortho intramolecular Hbond substituents is 1. The van der Waals surface area contributed by atoms with Crippen LogP contribution >= 0.6 is 0 Å². The highest BCUT2D eigenvalue weighted by Gasteiger charge is 2.05. The number of hydrogen-bond acceptors (Lipinski definition) is 5. The SMILES string of the molecule is COc1cncc(COC(=O)CCCCCc2ccc(O)cc2)c1. The molecule has 1 aromatic heterocycles. The van der Waals surface area contributed by atoms with Gasteiger partial charge < -0.3 is 14.6 Å². The van der Waals surface area contributed by atoms with Crippen molar-refractivity contribution < 1.29 is 19.4 Å². The summed E-state index contributed by atoms with van der Waals surface area (Å²) in [5.41, 5.74) is 2.01. The molecule has 0 unspecified atom stereocenters. The van der Waals surface area contributed by atoms with Gasteiger partial charge in [0.25, 0.3) is 0 Å². The minimum absolute atomic E-state index is 0.192. The highest BCUT2D eigenvalue weighted by Crippen LogP contribution is 2.14. The molecule has 0 fully saturated rings. The predicted octanol–water partition coefficient (Wildman–Crippen LogP) is 3.64. The third-order valence-electron chi connectivity index (χ3n) is 3.69. The summed E-state index contributed by atoms with van der Waals surface area (Å²) in [6, 6.07) is 9.04. The van der Waals surface area contributed by atoms with E-state index < -0.39 is 0 Å². The minimum atomic E-state index is -0.192. The van der Waals surface area contributed by atoms with Gasteiger partial charge in [-0.25, -0.2) is 0 Å². The molecule has 0 radical (unpaired) electrons. The van der Waals surface area contributed by atoms with Crippen molar-refractivity contribution in [1.82, 2.24) is 4.98 Å². The Morgan fingerprint density at radius 1 is 1.08 bits per heavy atom. The number of aromatic nitrogens is 1. The molecule has 0 bridgehead atoms. The predicted molar refractivity (Wildman–Crippen MR) is 90.9 cm³/mol. The number of benzene rings is 1. The molecule has 5 heteroatoms. The van der Waals surface area contributed by atoms with Crippen LogP contribution in [0.3, 0.4) is 0 Å². The Bertz CT molecular complexity index is 640. The van der Waals surface area contributed by atoms with E-state index in [1.54, 1.807) is 37.7 Å². The Kier molecular flexibility index (Phi) is 7.08. The monoisotopic (exact) mass is 329 g/mol. The van der Waals surface area contributed by atoms with Gasteiger partial charge in [0.2, 0.25) is 0 Å². The molecule has 0 atom stereocenters. The topological polar surface area (TPSA) is 68.7 Å². The van der Waals surface area contributed by atoms with Crippen LogP contribution in [0.2, 0.25) is 0 Å². The molecule has 0 amide bonds. The number of nitrogens with zero attached hydrogens (tertiary/aromatic N) is 1. The number of rotatable bonds is 9. The van der Waals surface area contributed by atoms with Crippen molar-refractivity contribution in [2.45, 2.75) is 38.7 Å². The van der Waals surface area contributed by atoms with E-state index in [0.717, 1.165) is 31.2 Å². The number of carbonyl (C=O) groups is 1. The van der Waals surface area contributed by atoms with Crippen LogP contribution in [0.25, 0.3) is 0 Å². The van der Waals surface area contributed by atoms with Crippen molar-refractivity contribution in [1.29, 1.82) is 0 Å². The number of aromatic hydroxyl groups is 1. The smallest absolute Gasteiger partial charge is 0.306 e. The average Bonchev–Trinajstić information content (AvgIpc) is 2.61. The van der Waals surface area contributed by atoms with Gasteiger partial charge >= 0.3 is 5.97 Å². The van der Waals surface area contributed by atoms with Gasteiger partial charge in [0.05, 0.1) is 13.3 Å². The molecular weight excluding hydrogens is 306 g/mol. The molecule has 1 N–H and O–H groups in total. The summed E-state index contributed by atoms with van der Waals surface area (Å²) in [5, 5.41) is 9.23. The molecule has 2 aromatic rings. The first-order chi connectivity index (χ1) is 11.7. The van der Waals surface area contributed by atoms with Gasteiger partial charge in [-0.05, 0) is 43.0 Å². The fourth-order valence-electron chi connectivity index (χ4n) is 2.33. The number of pyridine rings is 1. The molecule has 1 aromatic carbocycles. The van der Waals surface area contributed by atoms with Crippen molar-refractivity contribution >= 4 is 5.97 Å². The van der Waals surface area contributed by atoms with Crippen molar-refractivity contribution in [2.24, 2.45) is 0 Å². The van der Waals surface area contributed by atoms with Crippen LogP contribution in [-0.4, -0.2) is 23.2 Å². The van der Waals surface area contributed by atoms with Crippen LogP contribution in [0.4, 0.5) is 0 Å². The van der Waals surface area contributed by atoms with E-state index in [0.29, 0.717) is 12.2 Å². The van der Waals surface area contributed by atoms with Gasteiger partial charge in [0.15, 0.2) is 0 Å². The van der Waals surface area contributed by atoms with E-state index in [2.05, 4.69) is 4.98 Å². The number of phenols is 1.